The summed E-state index contributed by atoms with van der Waals surface area (Å²) in [5, 5.41) is 5.14. The Kier molecular flexibility index (Phi) is 11.5. The van der Waals surface area contributed by atoms with Gasteiger partial charge in [-0.05, 0) is 66.9 Å². The van der Waals surface area contributed by atoms with Gasteiger partial charge in [0.2, 0.25) is 15.8 Å². The van der Waals surface area contributed by atoms with Crippen molar-refractivity contribution in [2.45, 2.75) is 74.2 Å². The number of fused-ring (bicyclic) bond motifs is 1. The van der Waals surface area contributed by atoms with E-state index in [9.17, 15) is 21.6 Å². The highest BCUT2D eigenvalue weighted by Gasteiger charge is 2.33. The number of hydrogen-bond donors (Lipinski definition) is 2. The van der Waals surface area contributed by atoms with Crippen molar-refractivity contribution in [2.75, 3.05) is 31.0 Å². The van der Waals surface area contributed by atoms with Crippen LogP contribution in [0.2, 0.25) is 0 Å². The minimum Gasteiger partial charge on any atom is -0.463 e. The second kappa shape index (κ2) is 15.6. The van der Waals surface area contributed by atoms with Gasteiger partial charge in [0.15, 0.2) is 0 Å². The van der Waals surface area contributed by atoms with Crippen LogP contribution in [0.1, 0.15) is 68.7 Å². The van der Waals surface area contributed by atoms with Gasteiger partial charge in [-0.3, -0.25) is 4.72 Å². The zero-order chi connectivity index (χ0) is 35.1. The summed E-state index contributed by atoms with van der Waals surface area (Å²) in [5.41, 5.74) is 2.47. The maximum atomic E-state index is 12.9. The van der Waals surface area contributed by atoms with E-state index in [1.54, 1.807) is 17.0 Å². The first-order valence-corrected chi connectivity index (χ1v) is 19.1. The van der Waals surface area contributed by atoms with Crippen LogP contribution in [0.3, 0.4) is 0 Å². The molecule has 1 fully saturated rings. The number of nitrogens with two attached hydrogens (primary N) is 1. The highest BCUT2D eigenvalue weighted by Crippen LogP contribution is 2.35. The van der Waals surface area contributed by atoms with Gasteiger partial charge in [-0.1, -0.05) is 42.9 Å². The lowest BCUT2D eigenvalue weighted by atomic mass is 10.0. The predicted molar refractivity (Wildman–Crippen MR) is 183 cm³/mol. The number of cyclic esters (lactones) is 1. The Bertz CT molecular complexity index is 1940. The number of primary sulfonamides is 1. The lowest BCUT2D eigenvalue weighted by Gasteiger charge is -2.32. The van der Waals surface area contributed by atoms with Crippen molar-refractivity contribution in [1.82, 2.24) is 4.90 Å². The number of hydrogen-bond acceptors (Lipinski definition) is 9. The largest absolute Gasteiger partial charge is 0.463 e. The molecule has 0 aliphatic carbocycles. The molecule has 12 nitrogen and oxygen atoms in total. The number of sulfonamides is 2. The van der Waals surface area contributed by atoms with Crippen LogP contribution in [-0.2, 0) is 40.9 Å². The zero-order valence-corrected chi connectivity index (χ0v) is 29.1. The van der Waals surface area contributed by atoms with Crippen molar-refractivity contribution >= 4 is 31.8 Å². The van der Waals surface area contributed by atoms with E-state index in [0.717, 1.165) is 48.6 Å². The third kappa shape index (κ3) is 10.2. The number of benzene rings is 3. The molecule has 5 rings (SSSR count). The first kappa shape index (κ1) is 36.2. The maximum absolute atomic E-state index is 12.9. The number of nitrogens with zero attached hydrogens (tertiary/aromatic N) is 1. The van der Waals surface area contributed by atoms with Gasteiger partial charge in [0.25, 0.3) is 10.0 Å². The van der Waals surface area contributed by atoms with E-state index in [1.165, 1.54) is 30.3 Å². The molecule has 1 amide bonds. The molecule has 1 atom stereocenters. The van der Waals surface area contributed by atoms with E-state index in [1.807, 2.05) is 32.0 Å². The first-order valence-electron chi connectivity index (χ1n) is 16.0. The van der Waals surface area contributed by atoms with Crippen LogP contribution < -0.4 is 14.6 Å². The minimum absolute atomic E-state index is 0.0114. The average Bonchev–Trinajstić information content (AvgIpc) is 3.42. The van der Waals surface area contributed by atoms with Gasteiger partial charge >= 0.3 is 6.09 Å². The summed E-state index contributed by atoms with van der Waals surface area (Å²) in [6.45, 7) is 6.41. The number of nitrogens with one attached hydrogen (secondary N) is 1. The molecule has 1 saturated heterocycles. The number of carbonyl (C=O) groups excluding carboxylic acids is 1. The van der Waals surface area contributed by atoms with Gasteiger partial charge in [0.1, 0.15) is 11.9 Å². The maximum Gasteiger partial charge on any atom is 0.410 e. The minimum atomic E-state index is -3.99. The number of amides is 1. The monoisotopic (exact) mass is 711 g/mol. The molecule has 0 spiro atoms. The Hall–Kier alpha value is -4.13. The molecule has 14 heteroatoms. The summed E-state index contributed by atoms with van der Waals surface area (Å²) >= 11 is 0. The van der Waals surface area contributed by atoms with Crippen molar-refractivity contribution in [2.24, 2.45) is 5.14 Å². The van der Waals surface area contributed by atoms with Gasteiger partial charge < -0.3 is 23.8 Å². The molecule has 262 valence electrons. The van der Waals surface area contributed by atoms with E-state index < -0.39 is 25.8 Å². The second-order valence-electron chi connectivity index (χ2n) is 12.3. The number of rotatable bonds is 14. The molecular formula is C35H41N3O9S2. The third-order valence-corrected chi connectivity index (χ3v) is 10.2. The summed E-state index contributed by atoms with van der Waals surface area (Å²) in [6, 6.07) is 17.3. The van der Waals surface area contributed by atoms with Crippen molar-refractivity contribution in [3.63, 3.8) is 0 Å². The number of anilines is 1. The molecule has 2 heterocycles. The van der Waals surface area contributed by atoms with Crippen LogP contribution in [0.4, 0.5) is 10.5 Å². The molecule has 2 aliphatic heterocycles. The van der Waals surface area contributed by atoms with Gasteiger partial charge in [0, 0.05) is 44.5 Å². The van der Waals surface area contributed by atoms with Crippen molar-refractivity contribution in [3.05, 3.63) is 83.4 Å². The third-order valence-electron chi connectivity index (χ3n) is 7.90. The fourth-order valence-electron chi connectivity index (χ4n) is 5.36. The molecule has 2 aliphatic rings. The standard InChI is InChI=1S/C35H41N3O9S2/c1-35(2)45-25-28-22-27(16-17-32(28)47-35)33-24-38(34(39)46-33)18-6-3-4-7-19-44-20-8-5-11-26-12-9-15-31(21-26)49(42,43)37-29-13-10-14-30(23-29)48(36,40)41/h9-10,12-17,21-23,33,37H,3-4,6-8,18-20,24-25H2,1-2H3,(H2,36,40,41). The summed E-state index contributed by atoms with van der Waals surface area (Å²) in [6.07, 6.45) is 3.58. The number of carbonyl (C=O) groups is 1. The van der Waals surface area contributed by atoms with E-state index in [2.05, 4.69) is 16.6 Å². The lowest BCUT2D eigenvalue weighted by Crippen LogP contribution is -2.35. The Morgan fingerprint density at radius 1 is 0.959 bits per heavy atom. The van der Waals surface area contributed by atoms with Gasteiger partial charge in [-0.15, -0.1) is 0 Å². The fraction of sp³-hybridized carbons (Fsp3) is 0.400. The van der Waals surface area contributed by atoms with Crippen LogP contribution in [0.5, 0.6) is 5.75 Å². The van der Waals surface area contributed by atoms with E-state index in [4.69, 9.17) is 24.1 Å². The fourth-order valence-corrected chi connectivity index (χ4v) is 7.02. The predicted octanol–water partition coefficient (Wildman–Crippen LogP) is 5.29. The first-order chi connectivity index (χ1) is 23.3. The lowest BCUT2D eigenvalue weighted by molar-refractivity contribution is -0.180. The SMILES string of the molecule is CC1(C)OCc2cc(C3CN(CCCCCCOCCC#Cc4cccc(S(=O)(=O)Nc5cccc(S(N)(=O)=O)c5)c4)C(=O)O3)ccc2O1. The average molecular weight is 712 g/mol. The highest BCUT2D eigenvalue weighted by molar-refractivity contribution is 7.92. The highest BCUT2D eigenvalue weighted by atomic mass is 32.2. The summed E-state index contributed by atoms with van der Waals surface area (Å²) in [7, 11) is -7.97. The van der Waals surface area contributed by atoms with Gasteiger partial charge in [0.05, 0.1) is 35.2 Å². The topological polar surface area (TPSA) is 164 Å². The second-order valence-corrected chi connectivity index (χ2v) is 15.5. The van der Waals surface area contributed by atoms with Crippen molar-refractivity contribution < 1.29 is 40.6 Å². The molecule has 3 N–H and O–H groups in total. The van der Waals surface area contributed by atoms with E-state index in [-0.39, 0.29) is 27.7 Å². The molecular weight excluding hydrogens is 671 g/mol. The Balaban J connectivity index is 0.961. The van der Waals surface area contributed by atoms with Crippen molar-refractivity contribution in [1.29, 1.82) is 0 Å². The Labute approximate surface area is 288 Å². The van der Waals surface area contributed by atoms with E-state index in [0.29, 0.717) is 44.9 Å². The quantitative estimate of drug-likeness (QED) is 0.167. The van der Waals surface area contributed by atoms with Gasteiger partial charge in [-0.2, -0.15) is 0 Å². The normalized spacial score (nSPS) is 17.0. The number of ether oxygens (including phenoxy) is 4. The van der Waals surface area contributed by atoms with Crippen molar-refractivity contribution in [3.8, 4) is 17.6 Å². The van der Waals surface area contributed by atoms with Crippen LogP contribution in [0.25, 0.3) is 0 Å². The Morgan fingerprint density at radius 2 is 1.73 bits per heavy atom. The molecule has 0 aromatic heterocycles. The summed E-state index contributed by atoms with van der Waals surface area (Å²) in [5.74, 6) is 6.09. The molecule has 1 unspecified atom stereocenters. The van der Waals surface area contributed by atoms with Crippen LogP contribution >= 0.6 is 0 Å². The van der Waals surface area contributed by atoms with E-state index >= 15 is 0 Å². The summed E-state index contributed by atoms with van der Waals surface area (Å²) < 4.78 is 74.2. The molecule has 3 aromatic rings. The summed E-state index contributed by atoms with van der Waals surface area (Å²) in [4.78, 5) is 14.0. The molecule has 0 bridgehead atoms. The number of unbranched alkanes of at least 4 members (excludes halogenated alkanes) is 3. The molecule has 3 aromatic carbocycles. The van der Waals surface area contributed by atoms with Gasteiger partial charge in [-0.25, -0.2) is 26.8 Å². The zero-order valence-electron chi connectivity index (χ0n) is 27.5. The van der Waals surface area contributed by atoms with Crippen LogP contribution in [0.15, 0.2) is 76.5 Å². The molecule has 0 radical (unpaired) electrons. The smallest absolute Gasteiger partial charge is 0.410 e. The molecule has 49 heavy (non-hydrogen) atoms. The Morgan fingerprint density at radius 3 is 2.55 bits per heavy atom. The molecule has 0 saturated carbocycles. The van der Waals surface area contributed by atoms with Crippen LogP contribution in [0, 0.1) is 11.8 Å². The van der Waals surface area contributed by atoms with Crippen LogP contribution in [-0.4, -0.2) is 59.9 Å².